The second kappa shape index (κ2) is 3.81. The third-order valence-electron chi connectivity index (χ3n) is 1.23. The zero-order valence-electron chi connectivity index (χ0n) is 6.88. The molecule has 13 heavy (non-hydrogen) atoms. The molecule has 0 radical (unpaired) electrons. The molecule has 0 aromatic carbocycles. The zero-order valence-corrected chi connectivity index (χ0v) is 6.88. The first kappa shape index (κ1) is 9.40. The Morgan fingerprint density at radius 3 is 3.00 bits per heavy atom. The van der Waals surface area contributed by atoms with Crippen molar-refractivity contribution >= 4 is 5.69 Å². The Morgan fingerprint density at radius 2 is 2.46 bits per heavy atom. The van der Waals surface area contributed by atoms with Gasteiger partial charge in [-0.05, 0) is 13.0 Å². The fourth-order valence-corrected chi connectivity index (χ4v) is 0.774. The average molecular weight is 184 g/mol. The molecule has 0 aliphatic carbocycles. The van der Waals surface area contributed by atoms with Crippen molar-refractivity contribution in [1.82, 2.24) is 4.98 Å². The summed E-state index contributed by atoms with van der Waals surface area (Å²) in [6.07, 6.45) is 0.235. The summed E-state index contributed by atoms with van der Waals surface area (Å²) in [7, 11) is 0. The van der Waals surface area contributed by atoms with Crippen molar-refractivity contribution in [2.45, 2.75) is 13.2 Å². The van der Waals surface area contributed by atoms with Crippen molar-refractivity contribution in [1.29, 1.82) is 0 Å². The van der Waals surface area contributed by atoms with Crippen LogP contribution in [0.1, 0.15) is 6.92 Å². The quantitative estimate of drug-likeness (QED) is 0.424. The Bertz CT molecular complexity index is 313. The highest BCUT2D eigenvalue weighted by Gasteiger charge is 2.16. The Labute approximate surface area is 73.9 Å². The lowest BCUT2D eigenvalue weighted by Gasteiger charge is -2.06. The molecule has 70 valence electrons. The van der Waals surface area contributed by atoms with E-state index in [0.717, 1.165) is 0 Å². The van der Waals surface area contributed by atoms with E-state index in [1.165, 1.54) is 25.3 Å². The molecular weight excluding hydrogens is 176 g/mol. The SMILES string of the molecule is CC(O)Oc1ncccc1[N+](=O)[O-]. The van der Waals surface area contributed by atoms with E-state index < -0.39 is 11.2 Å². The molecule has 0 spiro atoms. The molecule has 6 heteroatoms. The summed E-state index contributed by atoms with van der Waals surface area (Å²) >= 11 is 0. The van der Waals surface area contributed by atoms with Crippen LogP contribution >= 0.6 is 0 Å². The van der Waals surface area contributed by atoms with E-state index in [9.17, 15) is 10.1 Å². The number of nitrogens with zero attached hydrogens (tertiary/aromatic N) is 2. The van der Waals surface area contributed by atoms with Gasteiger partial charge in [0.15, 0.2) is 6.29 Å². The van der Waals surface area contributed by atoms with Crippen LogP contribution in [0.3, 0.4) is 0 Å². The van der Waals surface area contributed by atoms with Gasteiger partial charge in [-0.1, -0.05) is 0 Å². The highest BCUT2D eigenvalue weighted by Crippen LogP contribution is 2.23. The molecule has 1 rings (SSSR count). The van der Waals surface area contributed by atoms with Crippen molar-refractivity contribution in [3.63, 3.8) is 0 Å². The Balaban J connectivity index is 2.98. The third-order valence-corrected chi connectivity index (χ3v) is 1.23. The van der Waals surface area contributed by atoms with E-state index in [2.05, 4.69) is 4.98 Å². The van der Waals surface area contributed by atoms with Crippen LogP contribution in [-0.2, 0) is 0 Å². The van der Waals surface area contributed by atoms with E-state index >= 15 is 0 Å². The summed E-state index contributed by atoms with van der Waals surface area (Å²) in [5.74, 6) is -0.178. The van der Waals surface area contributed by atoms with E-state index in [1.807, 2.05) is 0 Å². The molecule has 0 amide bonds. The fourth-order valence-electron chi connectivity index (χ4n) is 0.774. The standard InChI is InChI=1S/C7H8N2O4/c1-5(10)13-7-6(9(11)12)3-2-4-8-7/h2-5,10H,1H3. The lowest BCUT2D eigenvalue weighted by Crippen LogP contribution is -2.11. The smallest absolute Gasteiger partial charge is 0.331 e. The van der Waals surface area contributed by atoms with Gasteiger partial charge in [0, 0.05) is 12.3 Å². The van der Waals surface area contributed by atoms with Gasteiger partial charge >= 0.3 is 5.69 Å². The van der Waals surface area contributed by atoms with Crippen LogP contribution < -0.4 is 4.74 Å². The minimum atomic E-state index is -1.12. The van der Waals surface area contributed by atoms with Crippen LogP contribution in [0.2, 0.25) is 0 Å². The second-order valence-electron chi connectivity index (χ2n) is 2.30. The predicted octanol–water partition coefficient (Wildman–Crippen LogP) is 0.707. The minimum Gasteiger partial charge on any atom is -0.443 e. The molecule has 0 aliphatic heterocycles. The van der Waals surface area contributed by atoms with Crippen LogP contribution in [0.4, 0.5) is 5.69 Å². The van der Waals surface area contributed by atoms with Gasteiger partial charge < -0.3 is 9.84 Å². The minimum absolute atomic E-state index is 0.178. The topological polar surface area (TPSA) is 85.5 Å². The van der Waals surface area contributed by atoms with Gasteiger partial charge in [-0.2, -0.15) is 0 Å². The van der Waals surface area contributed by atoms with Crippen molar-refractivity contribution in [2.75, 3.05) is 0 Å². The summed E-state index contributed by atoms with van der Waals surface area (Å²) in [6, 6.07) is 2.68. The fraction of sp³-hybridized carbons (Fsp3) is 0.286. The largest absolute Gasteiger partial charge is 0.443 e. The second-order valence-corrected chi connectivity index (χ2v) is 2.30. The summed E-state index contributed by atoms with van der Waals surface area (Å²) in [5, 5.41) is 19.2. The molecule has 1 N–H and O–H groups in total. The van der Waals surface area contributed by atoms with Crippen LogP contribution in [0.5, 0.6) is 5.88 Å². The average Bonchev–Trinajstić information content (AvgIpc) is 2.03. The molecular formula is C7H8N2O4. The molecule has 0 fully saturated rings. The van der Waals surface area contributed by atoms with Crippen molar-refractivity contribution in [3.8, 4) is 5.88 Å². The first-order valence-electron chi connectivity index (χ1n) is 3.55. The summed E-state index contributed by atoms with van der Waals surface area (Å²) in [5.41, 5.74) is -0.261. The van der Waals surface area contributed by atoms with Gasteiger partial charge in [-0.3, -0.25) is 10.1 Å². The number of aliphatic hydroxyl groups excluding tert-OH is 1. The molecule has 0 aliphatic rings. The van der Waals surface area contributed by atoms with Gasteiger partial charge in [-0.25, -0.2) is 4.98 Å². The van der Waals surface area contributed by atoms with Crippen molar-refractivity contribution in [2.24, 2.45) is 0 Å². The number of aliphatic hydroxyl groups is 1. The normalized spacial score (nSPS) is 12.2. The lowest BCUT2D eigenvalue weighted by atomic mass is 10.4. The van der Waals surface area contributed by atoms with Crippen LogP contribution in [0.25, 0.3) is 0 Å². The number of pyridine rings is 1. The van der Waals surface area contributed by atoms with Gasteiger partial charge in [-0.15, -0.1) is 0 Å². The maximum atomic E-state index is 10.4. The first-order chi connectivity index (χ1) is 6.11. The maximum absolute atomic E-state index is 10.4. The third kappa shape index (κ3) is 2.38. The molecule has 0 saturated heterocycles. The predicted molar refractivity (Wildman–Crippen MR) is 43.2 cm³/mol. The number of hydrogen-bond donors (Lipinski definition) is 1. The Kier molecular flexibility index (Phi) is 2.76. The van der Waals surface area contributed by atoms with Crippen molar-refractivity contribution < 1.29 is 14.8 Å². The van der Waals surface area contributed by atoms with Crippen LogP contribution in [0, 0.1) is 10.1 Å². The molecule has 0 saturated carbocycles. The summed E-state index contributed by atoms with van der Waals surface area (Å²) in [6.45, 7) is 1.35. The van der Waals surface area contributed by atoms with Crippen LogP contribution in [0.15, 0.2) is 18.3 Å². The van der Waals surface area contributed by atoms with E-state index in [1.54, 1.807) is 0 Å². The van der Waals surface area contributed by atoms with Crippen molar-refractivity contribution in [3.05, 3.63) is 28.4 Å². The van der Waals surface area contributed by atoms with Gasteiger partial charge in [0.25, 0.3) is 5.88 Å². The molecule has 1 atom stereocenters. The number of rotatable bonds is 3. The number of hydrogen-bond acceptors (Lipinski definition) is 5. The molecule has 6 nitrogen and oxygen atoms in total. The summed E-state index contributed by atoms with van der Waals surface area (Å²) < 4.78 is 4.71. The van der Waals surface area contributed by atoms with Gasteiger partial charge in [0.1, 0.15) is 0 Å². The number of aromatic nitrogens is 1. The molecule has 0 bridgehead atoms. The molecule has 1 aromatic rings. The highest BCUT2D eigenvalue weighted by molar-refractivity contribution is 5.39. The van der Waals surface area contributed by atoms with E-state index in [4.69, 9.17) is 9.84 Å². The lowest BCUT2D eigenvalue weighted by molar-refractivity contribution is -0.386. The number of nitro groups is 1. The Morgan fingerprint density at radius 1 is 1.77 bits per heavy atom. The summed E-state index contributed by atoms with van der Waals surface area (Å²) in [4.78, 5) is 13.4. The monoisotopic (exact) mass is 184 g/mol. The first-order valence-corrected chi connectivity index (χ1v) is 3.55. The maximum Gasteiger partial charge on any atom is 0.331 e. The highest BCUT2D eigenvalue weighted by atomic mass is 16.6. The molecule has 1 aromatic heterocycles. The van der Waals surface area contributed by atoms with E-state index in [0.29, 0.717) is 0 Å². The molecule has 1 heterocycles. The zero-order chi connectivity index (χ0) is 9.84. The van der Waals surface area contributed by atoms with E-state index in [-0.39, 0.29) is 11.6 Å². The number of ether oxygens (including phenoxy) is 1. The Hall–Kier alpha value is -1.69. The van der Waals surface area contributed by atoms with Crippen LogP contribution in [-0.4, -0.2) is 21.3 Å². The van der Waals surface area contributed by atoms with Gasteiger partial charge in [0.05, 0.1) is 4.92 Å². The molecule has 1 unspecified atom stereocenters. The van der Waals surface area contributed by atoms with Gasteiger partial charge in [0.2, 0.25) is 0 Å².